The molecular formula is C23H18F6N4O3S. The Morgan fingerprint density at radius 1 is 0.865 bits per heavy atom. The monoisotopic (exact) mass is 544 g/mol. The molecule has 0 radical (unpaired) electrons. The molecule has 1 fully saturated rings. The van der Waals surface area contributed by atoms with Crippen LogP contribution in [-0.4, -0.2) is 45.5 Å². The molecule has 7 nitrogen and oxygen atoms in total. The average Bonchev–Trinajstić information content (AvgIpc) is 2.83. The summed E-state index contributed by atoms with van der Waals surface area (Å²) in [5, 5.41) is 0. The van der Waals surface area contributed by atoms with E-state index in [1.54, 1.807) is 14.5 Å². The van der Waals surface area contributed by atoms with Crippen molar-refractivity contribution in [1.82, 2.24) is 9.71 Å². The molecular weight excluding hydrogens is 526 g/mol. The van der Waals surface area contributed by atoms with E-state index in [9.17, 15) is 39.6 Å². The highest BCUT2D eigenvalue weighted by molar-refractivity contribution is 7.90. The summed E-state index contributed by atoms with van der Waals surface area (Å²) in [6, 6.07) is 7.02. The second-order valence-electron chi connectivity index (χ2n) is 8.04. The molecule has 0 atom stereocenters. The lowest BCUT2D eigenvalue weighted by Gasteiger charge is -2.36. The summed E-state index contributed by atoms with van der Waals surface area (Å²) in [6.07, 6.45) is -4.15. The minimum Gasteiger partial charge on any atom is -0.366 e. The van der Waals surface area contributed by atoms with Crippen LogP contribution < -0.4 is 14.5 Å². The zero-order chi connectivity index (χ0) is 27.0. The molecule has 0 saturated carbocycles. The van der Waals surface area contributed by atoms with E-state index >= 15 is 0 Å². The van der Waals surface area contributed by atoms with Crippen molar-refractivity contribution in [2.45, 2.75) is 11.1 Å². The Kier molecular flexibility index (Phi) is 7.04. The quantitative estimate of drug-likeness (QED) is 0.490. The number of hydrogen-bond acceptors (Lipinski definition) is 6. The molecule has 4 rings (SSSR count). The lowest BCUT2D eigenvalue weighted by atomic mass is 10.1. The van der Waals surface area contributed by atoms with Gasteiger partial charge < -0.3 is 9.80 Å². The number of rotatable bonds is 5. The van der Waals surface area contributed by atoms with E-state index in [1.165, 1.54) is 12.1 Å². The molecule has 0 bridgehead atoms. The Hall–Kier alpha value is -3.81. The van der Waals surface area contributed by atoms with Gasteiger partial charge in [0.25, 0.3) is 15.9 Å². The highest BCUT2D eigenvalue weighted by Crippen LogP contribution is 2.33. The molecule has 37 heavy (non-hydrogen) atoms. The van der Waals surface area contributed by atoms with E-state index < -0.39 is 55.6 Å². The highest BCUT2D eigenvalue weighted by atomic mass is 32.2. The molecule has 1 amide bonds. The topological polar surface area (TPSA) is 82.6 Å². The largest absolute Gasteiger partial charge is 0.417 e. The van der Waals surface area contributed by atoms with E-state index in [4.69, 9.17) is 0 Å². The molecule has 3 aromatic rings. The Balaban J connectivity index is 1.44. The van der Waals surface area contributed by atoms with Crippen LogP contribution in [0.2, 0.25) is 0 Å². The lowest BCUT2D eigenvalue weighted by molar-refractivity contribution is -0.138. The fraction of sp³-hybridized carbons (Fsp3) is 0.217. The van der Waals surface area contributed by atoms with Gasteiger partial charge in [-0.15, -0.1) is 0 Å². The molecule has 1 aliphatic heterocycles. The molecule has 1 aromatic heterocycles. The summed E-state index contributed by atoms with van der Waals surface area (Å²) in [5.74, 6) is -3.82. The van der Waals surface area contributed by atoms with Crippen LogP contribution in [0.25, 0.3) is 0 Å². The molecule has 1 N–H and O–H groups in total. The number of pyridine rings is 1. The molecule has 196 valence electrons. The third-order valence-corrected chi connectivity index (χ3v) is 6.96. The molecule has 2 heterocycles. The number of nitrogens with zero attached hydrogens (tertiary/aromatic N) is 3. The number of anilines is 2. The van der Waals surface area contributed by atoms with Crippen molar-refractivity contribution in [3.63, 3.8) is 0 Å². The van der Waals surface area contributed by atoms with E-state index in [-0.39, 0.29) is 11.8 Å². The molecule has 2 aromatic carbocycles. The van der Waals surface area contributed by atoms with E-state index in [0.29, 0.717) is 44.1 Å². The van der Waals surface area contributed by atoms with E-state index in [0.717, 1.165) is 24.4 Å². The maximum absolute atomic E-state index is 14.0. The van der Waals surface area contributed by atoms with Gasteiger partial charge in [0, 0.05) is 38.4 Å². The second-order valence-corrected chi connectivity index (χ2v) is 9.73. The zero-order valence-corrected chi connectivity index (χ0v) is 19.6. The SMILES string of the molecule is O=C(NS(=O)(=O)c1ccc(N2CCN(c3ccc(F)cc3F)CC2)nc1)c1ccc(F)cc1C(F)(F)F. The van der Waals surface area contributed by atoms with E-state index in [1.807, 2.05) is 0 Å². The second kappa shape index (κ2) is 9.92. The highest BCUT2D eigenvalue weighted by Gasteiger charge is 2.36. The Bertz CT molecular complexity index is 1420. The van der Waals surface area contributed by atoms with Gasteiger partial charge in [0.05, 0.1) is 16.8 Å². The number of piperazine rings is 1. The van der Waals surface area contributed by atoms with Crippen LogP contribution >= 0.6 is 0 Å². The first-order valence-corrected chi connectivity index (χ1v) is 12.2. The predicted octanol–water partition coefficient (Wildman–Crippen LogP) is 3.96. The van der Waals surface area contributed by atoms with Gasteiger partial charge in [0.2, 0.25) is 0 Å². The fourth-order valence-corrected chi connectivity index (χ4v) is 4.73. The molecule has 0 unspecified atom stereocenters. The minimum atomic E-state index is -5.09. The molecule has 1 aliphatic rings. The zero-order valence-electron chi connectivity index (χ0n) is 18.8. The Labute approximate surface area is 207 Å². The van der Waals surface area contributed by atoms with Gasteiger partial charge in [-0.2, -0.15) is 13.2 Å². The first-order chi connectivity index (χ1) is 17.3. The molecule has 14 heteroatoms. The first kappa shape index (κ1) is 26.3. The number of carbonyl (C=O) groups is 1. The third kappa shape index (κ3) is 5.79. The number of halogens is 6. The van der Waals surface area contributed by atoms with Crippen LogP contribution in [0.4, 0.5) is 37.8 Å². The van der Waals surface area contributed by atoms with Crippen molar-refractivity contribution >= 4 is 27.4 Å². The van der Waals surface area contributed by atoms with Gasteiger partial charge in [-0.3, -0.25) is 4.79 Å². The Morgan fingerprint density at radius 2 is 1.49 bits per heavy atom. The smallest absolute Gasteiger partial charge is 0.366 e. The summed E-state index contributed by atoms with van der Waals surface area (Å²) in [6.45, 7) is 1.52. The maximum Gasteiger partial charge on any atom is 0.417 e. The Morgan fingerprint density at radius 3 is 2.08 bits per heavy atom. The van der Waals surface area contributed by atoms with Crippen LogP contribution in [0.1, 0.15) is 15.9 Å². The number of sulfonamides is 1. The number of aromatic nitrogens is 1. The number of carbonyl (C=O) groups excluding carboxylic acids is 1. The normalized spacial score (nSPS) is 14.5. The number of amides is 1. The standard InChI is InChI=1S/C23H18F6N4O3S/c24-14-1-4-17(18(11-14)23(27,28)29)22(34)31-37(35,36)16-3-6-21(30-13-16)33-9-7-32(8-10-33)20-5-2-15(25)12-19(20)26/h1-6,11-13H,7-10H2,(H,31,34). The molecule has 0 spiro atoms. The fourth-order valence-electron chi connectivity index (χ4n) is 3.82. The van der Waals surface area contributed by atoms with Gasteiger partial charge in [0.15, 0.2) is 0 Å². The summed E-state index contributed by atoms with van der Waals surface area (Å²) in [4.78, 5) is 19.4. The van der Waals surface area contributed by atoms with Crippen LogP contribution in [0.15, 0.2) is 59.6 Å². The van der Waals surface area contributed by atoms with Gasteiger partial charge in [-0.05, 0) is 42.5 Å². The minimum absolute atomic E-state index is 0.0993. The van der Waals surface area contributed by atoms with Crippen molar-refractivity contribution in [2.24, 2.45) is 0 Å². The lowest BCUT2D eigenvalue weighted by Crippen LogP contribution is -2.47. The van der Waals surface area contributed by atoms with Gasteiger partial charge in [-0.25, -0.2) is 31.3 Å². The van der Waals surface area contributed by atoms with Crippen molar-refractivity contribution in [3.05, 3.63) is 83.3 Å². The first-order valence-electron chi connectivity index (χ1n) is 10.7. The number of benzene rings is 2. The number of hydrogen-bond donors (Lipinski definition) is 1. The predicted molar refractivity (Wildman–Crippen MR) is 121 cm³/mol. The summed E-state index contributed by atoms with van der Waals surface area (Å²) < 4.78 is 107. The van der Waals surface area contributed by atoms with Crippen molar-refractivity contribution in [1.29, 1.82) is 0 Å². The third-order valence-electron chi connectivity index (χ3n) is 5.64. The van der Waals surface area contributed by atoms with E-state index in [2.05, 4.69) is 4.98 Å². The van der Waals surface area contributed by atoms with Crippen LogP contribution in [-0.2, 0) is 16.2 Å². The van der Waals surface area contributed by atoms with Crippen LogP contribution in [0.3, 0.4) is 0 Å². The maximum atomic E-state index is 14.0. The van der Waals surface area contributed by atoms with Gasteiger partial charge in [0.1, 0.15) is 28.2 Å². The van der Waals surface area contributed by atoms with Crippen molar-refractivity contribution < 1.29 is 39.6 Å². The average molecular weight is 544 g/mol. The molecule has 1 saturated heterocycles. The number of alkyl halides is 3. The van der Waals surface area contributed by atoms with Crippen LogP contribution in [0.5, 0.6) is 0 Å². The summed E-state index contributed by atoms with van der Waals surface area (Å²) in [7, 11) is -4.60. The van der Waals surface area contributed by atoms with Crippen molar-refractivity contribution in [3.8, 4) is 0 Å². The summed E-state index contributed by atoms with van der Waals surface area (Å²) >= 11 is 0. The van der Waals surface area contributed by atoms with Crippen LogP contribution in [0, 0.1) is 17.5 Å². The molecule has 0 aliphatic carbocycles. The van der Waals surface area contributed by atoms with Crippen molar-refractivity contribution in [2.75, 3.05) is 36.0 Å². The number of nitrogens with one attached hydrogen (secondary N) is 1. The van der Waals surface area contributed by atoms with Gasteiger partial charge in [-0.1, -0.05) is 0 Å². The van der Waals surface area contributed by atoms with Gasteiger partial charge >= 0.3 is 6.18 Å². The summed E-state index contributed by atoms with van der Waals surface area (Å²) in [5.41, 5.74) is -2.42.